The first-order valence-corrected chi connectivity index (χ1v) is 13.1. The van der Waals surface area contributed by atoms with Crippen LogP contribution in [0.15, 0.2) is 83.9 Å². The molecule has 1 heterocycles. The van der Waals surface area contributed by atoms with E-state index in [9.17, 15) is 23.1 Å². The van der Waals surface area contributed by atoms with Gasteiger partial charge in [0.25, 0.3) is 5.95 Å². The van der Waals surface area contributed by atoms with Crippen LogP contribution < -0.4 is 16.4 Å². The van der Waals surface area contributed by atoms with Crippen LogP contribution in [0.5, 0.6) is 5.75 Å². The topological polar surface area (TPSA) is 129 Å². The van der Waals surface area contributed by atoms with E-state index in [1.807, 2.05) is 19.9 Å². The van der Waals surface area contributed by atoms with E-state index >= 15 is 0 Å². The van der Waals surface area contributed by atoms with Gasteiger partial charge in [-0.1, -0.05) is 44.2 Å². The summed E-state index contributed by atoms with van der Waals surface area (Å²) in [5, 5.41) is 15.9. The first-order chi connectivity index (χ1) is 20.0. The fraction of sp³-hybridized carbons (Fsp3) is 0.200. The van der Waals surface area contributed by atoms with Gasteiger partial charge in [0.2, 0.25) is 5.96 Å². The van der Waals surface area contributed by atoms with Gasteiger partial charge in [0, 0.05) is 40.7 Å². The predicted molar refractivity (Wildman–Crippen MR) is 156 cm³/mol. The van der Waals surface area contributed by atoms with E-state index in [2.05, 4.69) is 30.5 Å². The molecule has 0 saturated carbocycles. The summed E-state index contributed by atoms with van der Waals surface area (Å²) in [6.07, 6.45) is -4.77. The molecule has 4 rings (SSSR count). The van der Waals surface area contributed by atoms with Crippen LogP contribution in [0.25, 0.3) is 0 Å². The van der Waals surface area contributed by atoms with Crippen LogP contribution in [0.2, 0.25) is 0 Å². The number of hydrogen-bond donors (Lipinski definition) is 4. The molecule has 42 heavy (non-hydrogen) atoms. The first-order valence-electron chi connectivity index (χ1n) is 13.1. The van der Waals surface area contributed by atoms with Crippen LogP contribution in [-0.4, -0.2) is 44.8 Å². The second kappa shape index (κ2) is 13.1. The molecule has 0 atom stereocenters. The van der Waals surface area contributed by atoms with E-state index in [-0.39, 0.29) is 23.3 Å². The maximum Gasteiger partial charge on any atom is 0.433 e. The lowest BCUT2D eigenvalue weighted by Gasteiger charge is -2.19. The van der Waals surface area contributed by atoms with Gasteiger partial charge < -0.3 is 21.5 Å². The molecule has 0 unspecified atom stereocenters. The Balaban J connectivity index is 1.54. The van der Waals surface area contributed by atoms with E-state index in [4.69, 9.17) is 5.73 Å². The monoisotopic (exact) mass is 577 g/mol. The Hall–Kier alpha value is -4.97. The number of guanidine groups is 1. The predicted octanol–water partition coefficient (Wildman–Crippen LogP) is 6.08. The fourth-order valence-corrected chi connectivity index (χ4v) is 4.06. The number of ketones is 1. The number of carbonyl (C=O) groups is 1. The maximum atomic E-state index is 13.7. The van der Waals surface area contributed by atoms with Gasteiger partial charge in [0.15, 0.2) is 11.5 Å². The van der Waals surface area contributed by atoms with Crippen molar-refractivity contribution in [2.75, 3.05) is 23.7 Å². The number of aromatic hydroxyl groups is 1. The molecule has 0 radical (unpaired) electrons. The lowest BCUT2D eigenvalue weighted by molar-refractivity contribution is -0.141. The molecule has 0 aliphatic carbocycles. The Kier molecular flexibility index (Phi) is 9.38. The number of benzene rings is 3. The summed E-state index contributed by atoms with van der Waals surface area (Å²) < 4.78 is 41.0. The summed E-state index contributed by atoms with van der Waals surface area (Å²) >= 11 is 0. The Morgan fingerprint density at radius 2 is 1.57 bits per heavy atom. The number of nitrogens with zero attached hydrogens (tertiary/aromatic N) is 4. The summed E-state index contributed by atoms with van der Waals surface area (Å²) in [5.41, 5.74) is 7.22. The van der Waals surface area contributed by atoms with Crippen molar-refractivity contribution in [2.24, 2.45) is 10.7 Å². The normalized spacial score (nSPS) is 11.9. The average molecular weight is 578 g/mol. The SMILES string of the molecule is CCN(CC)Cc1cc(Nc2cc(C(F)(F)F)nc(N=C(N)Nc3ccc(C(=O)c4ccccc4)cc3)n2)ccc1O. The molecule has 0 spiro atoms. The molecule has 1 aromatic heterocycles. The lowest BCUT2D eigenvalue weighted by atomic mass is 10.0. The van der Waals surface area contributed by atoms with Crippen molar-refractivity contribution >= 4 is 34.9 Å². The molecular formula is C30H30F3N7O2. The van der Waals surface area contributed by atoms with Gasteiger partial charge in [0.05, 0.1) is 0 Å². The van der Waals surface area contributed by atoms with Crippen molar-refractivity contribution < 1.29 is 23.1 Å². The highest BCUT2D eigenvalue weighted by molar-refractivity contribution is 6.09. The number of aromatic nitrogens is 2. The van der Waals surface area contributed by atoms with Gasteiger partial charge in [-0.2, -0.15) is 23.1 Å². The first kappa shape index (κ1) is 30.0. The molecule has 0 amide bonds. The van der Waals surface area contributed by atoms with Gasteiger partial charge in [-0.3, -0.25) is 9.69 Å². The van der Waals surface area contributed by atoms with Crippen molar-refractivity contribution in [1.29, 1.82) is 0 Å². The summed E-state index contributed by atoms with van der Waals surface area (Å²) in [7, 11) is 0. The van der Waals surface area contributed by atoms with Crippen LogP contribution in [0.1, 0.15) is 41.0 Å². The largest absolute Gasteiger partial charge is 0.508 e. The molecule has 0 aliphatic heterocycles. The fourth-order valence-electron chi connectivity index (χ4n) is 4.06. The number of carbonyl (C=O) groups excluding carboxylic acids is 1. The minimum atomic E-state index is -4.77. The van der Waals surface area contributed by atoms with Crippen molar-refractivity contribution in [1.82, 2.24) is 14.9 Å². The molecule has 218 valence electrons. The maximum absolute atomic E-state index is 13.7. The Labute approximate surface area is 241 Å². The number of nitrogens with two attached hydrogens (primary N) is 1. The number of nitrogens with one attached hydrogen (secondary N) is 2. The smallest absolute Gasteiger partial charge is 0.433 e. The van der Waals surface area contributed by atoms with Crippen LogP contribution in [0, 0.1) is 0 Å². The van der Waals surface area contributed by atoms with Crippen molar-refractivity contribution in [3.05, 3.63) is 101 Å². The Bertz CT molecular complexity index is 1560. The highest BCUT2D eigenvalue weighted by atomic mass is 19.4. The number of aliphatic imine (C=N–C) groups is 1. The summed E-state index contributed by atoms with van der Waals surface area (Å²) in [4.78, 5) is 26.2. The zero-order valence-electron chi connectivity index (χ0n) is 23.0. The number of alkyl halides is 3. The third-order valence-electron chi connectivity index (χ3n) is 6.32. The van der Waals surface area contributed by atoms with E-state index in [0.717, 1.165) is 19.2 Å². The number of phenols is 1. The molecule has 4 aromatic rings. The third kappa shape index (κ3) is 7.82. The number of halogens is 3. The highest BCUT2D eigenvalue weighted by Crippen LogP contribution is 2.32. The molecule has 0 aliphatic rings. The third-order valence-corrected chi connectivity index (χ3v) is 6.32. The molecule has 3 aromatic carbocycles. The molecule has 12 heteroatoms. The Morgan fingerprint density at radius 1 is 0.929 bits per heavy atom. The zero-order chi connectivity index (χ0) is 30.3. The second-order valence-corrected chi connectivity index (χ2v) is 9.26. The van der Waals surface area contributed by atoms with Crippen LogP contribution in [-0.2, 0) is 12.7 Å². The molecular weight excluding hydrogens is 547 g/mol. The summed E-state index contributed by atoms with van der Waals surface area (Å²) in [6.45, 7) is 5.98. The Morgan fingerprint density at radius 3 is 2.21 bits per heavy atom. The van der Waals surface area contributed by atoms with Crippen molar-refractivity contribution in [3.8, 4) is 5.75 Å². The van der Waals surface area contributed by atoms with Gasteiger partial charge in [-0.05, 0) is 55.6 Å². The molecule has 9 nitrogen and oxygen atoms in total. The molecule has 0 bridgehead atoms. The zero-order valence-corrected chi connectivity index (χ0v) is 23.0. The van der Waals surface area contributed by atoms with E-state index in [1.54, 1.807) is 54.6 Å². The molecule has 0 saturated heterocycles. The highest BCUT2D eigenvalue weighted by Gasteiger charge is 2.34. The second-order valence-electron chi connectivity index (χ2n) is 9.26. The number of rotatable bonds is 10. The van der Waals surface area contributed by atoms with E-state index < -0.39 is 17.8 Å². The van der Waals surface area contributed by atoms with E-state index in [0.29, 0.717) is 34.6 Å². The van der Waals surface area contributed by atoms with Gasteiger partial charge >= 0.3 is 6.18 Å². The number of anilines is 3. The lowest BCUT2D eigenvalue weighted by Crippen LogP contribution is -2.22. The summed E-state index contributed by atoms with van der Waals surface area (Å²) in [5.74, 6) is -1.02. The quantitative estimate of drug-likeness (QED) is 0.0773. The van der Waals surface area contributed by atoms with Crippen LogP contribution in [0.3, 0.4) is 0 Å². The minimum Gasteiger partial charge on any atom is -0.508 e. The van der Waals surface area contributed by atoms with Crippen LogP contribution in [0.4, 0.5) is 36.3 Å². The number of hydrogen-bond acceptors (Lipinski definition) is 7. The van der Waals surface area contributed by atoms with Gasteiger partial charge in [-0.25, -0.2) is 4.98 Å². The summed E-state index contributed by atoms with van der Waals surface area (Å²) in [6, 6.07) is 20.6. The minimum absolute atomic E-state index is 0.0766. The average Bonchev–Trinajstić information content (AvgIpc) is 2.97. The van der Waals surface area contributed by atoms with E-state index in [1.165, 1.54) is 12.1 Å². The van der Waals surface area contributed by atoms with Crippen molar-refractivity contribution in [3.63, 3.8) is 0 Å². The standard InChI is InChI=1S/C30H30F3N7O2/c1-3-40(4-2)18-21-16-23(14-15-24(21)41)35-26-17-25(30(31,32)33)37-29(38-26)39-28(34)36-22-12-10-20(11-13-22)27(42)19-8-6-5-7-9-19/h5-17,41H,3-4,18H2,1-2H3,(H4,34,35,36,37,38,39). The molecule has 0 fully saturated rings. The number of phenolic OH excluding ortho intramolecular Hbond substituents is 1. The van der Waals surface area contributed by atoms with Gasteiger partial charge in [-0.15, -0.1) is 0 Å². The van der Waals surface area contributed by atoms with Crippen molar-refractivity contribution in [2.45, 2.75) is 26.6 Å². The van der Waals surface area contributed by atoms with Gasteiger partial charge in [0.1, 0.15) is 11.6 Å². The molecule has 5 N–H and O–H groups in total. The van der Waals surface area contributed by atoms with Crippen LogP contribution >= 0.6 is 0 Å².